The summed E-state index contributed by atoms with van der Waals surface area (Å²) < 4.78 is 63.3. The number of aliphatic hydroxyl groups excluding tert-OH is 1. The molecule has 0 aromatic heterocycles. The maximum atomic E-state index is 14.7. The molecule has 9 nitrogen and oxygen atoms in total. The third kappa shape index (κ3) is 7.74. The molecule has 4 N–H and O–H groups in total. The molecule has 0 aliphatic rings. The van der Waals surface area contributed by atoms with Gasteiger partial charge in [0.05, 0.1) is 17.1 Å². The number of rotatable bonds is 11. The fraction of sp³-hybridized carbons (Fsp3) is 0.208. The van der Waals surface area contributed by atoms with Crippen LogP contribution in [-0.4, -0.2) is 51.0 Å². The minimum Gasteiger partial charge on any atom is -0.456 e. The van der Waals surface area contributed by atoms with Crippen LogP contribution in [0.15, 0.2) is 54.6 Å². The first-order valence-corrected chi connectivity index (χ1v) is 13.4. The molecule has 3 aromatic carbocycles. The van der Waals surface area contributed by atoms with Gasteiger partial charge < -0.3 is 20.5 Å². The van der Waals surface area contributed by atoms with Gasteiger partial charge in [-0.05, 0) is 65.4 Å². The minimum absolute atomic E-state index is 0.0152. The molecular formula is C24H25F2IN4O5S. The summed E-state index contributed by atoms with van der Waals surface area (Å²) in [5.74, 6) is -2.10. The first-order valence-electron chi connectivity index (χ1n) is 10.9. The number of halogens is 3. The van der Waals surface area contributed by atoms with Crippen LogP contribution in [0.5, 0.6) is 11.5 Å². The Hall–Kier alpha value is -3.01. The highest BCUT2D eigenvalue weighted by Crippen LogP contribution is 2.35. The molecule has 1 amide bonds. The molecule has 0 saturated carbocycles. The number of amides is 1. The number of carbonyl (C=O) groups excluding carboxylic acids is 1. The van der Waals surface area contributed by atoms with E-state index in [0.717, 1.165) is 16.4 Å². The molecule has 3 rings (SSSR count). The van der Waals surface area contributed by atoms with Crippen molar-refractivity contribution in [2.24, 2.45) is 0 Å². The molecule has 3 aromatic rings. The maximum absolute atomic E-state index is 14.7. The van der Waals surface area contributed by atoms with Gasteiger partial charge in [0.2, 0.25) is 0 Å². The summed E-state index contributed by atoms with van der Waals surface area (Å²) >= 11 is 1.95. The summed E-state index contributed by atoms with van der Waals surface area (Å²) in [5, 5.41) is 14.4. The van der Waals surface area contributed by atoms with Crippen molar-refractivity contribution in [3.63, 3.8) is 0 Å². The Balaban J connectivity index is 2.03. The fourth-order valence-electron chi connectivity index (χ4n) is 3.09. The number of nitrogens with zero attached hydrogens (tertiary/aromatic N) is 1. The number of benzene rings is 3. The van der Waals surface area contributed by atoms with Crippen LogP contribution in [0.2, 0.25) is 0 Å². The van der Waals surface area contributed by atoms with Crippen molar-refractivity contribution in [1.29, 1.82) is 0 Å². The molecule has 0 bridgehead atoms. The number of ether oxygens (including phenoxy) is 1. The van der Waals surface area contributed by atoms with Gasteiger partial charge in [0.1, 0.15) is 28.7 Å². The molecule has 0 aliphatic carbocycles. The summed E-state index contributed by atoms with van der Waals surface area (Å²) in [6.07, 6.45) is 0.283. The van der Waals surface area contributed by atoms with Crippen molar-refractivity contribution in [2.75, 3.05) is 37.3 Å². The van der Waals surface area contributed by atoms with Gasteiger partial charge in [-0.1, -0.05) is 6.07 Å². The van der Waals surface area contributed by atoms with Crippen molar-refractivity contribution >= 4 is 55.8 Å². The van der Waals surface area contributed by atoms with E-state index in [4.69, 9.17) is 9.84 Å². The zero-order valence-corrected chi connectivity index (χ0v) is 22.9. The predicted octanol–water partition coefficient (Wildman–Crippen LogP) is 4.44. The van der Waals surface area contributed by atoms with Gasteiger partial charge in [0.15, 0.2) is 0 Å². The highest BCUT2D eigenvalue weighted by atomic mass is 127. The topological polar surface area (TPSA) is 120 Å². The summed E-state index contributed by atoms with van der Waals surface area (Å²) in [6, 6.07) is 12.3. The highest BCUT2D eigenvalue weighted by molar-refractivity contribution is 14.1. The monoisotopic (exact) mass is 646 g/mol. The molecule has 0 heterocycles. The summed E-state index contributed by atoms with van der Waals surface area (Å²) in [4.78, 5) is 13.1. The van der Waals surface area contributed by atoms with E-state index in [9.17, 15) is 22.0 Å². The van der Waals surface area contributed by atoms with Gasteiger partial charge in [-0.15, -0.1) is 0 Å². The van der Waals surface area contributed by atoms with Gasteiger partial charge in [-0.25, -0.2) is 8.78 Å². The van der Waals surface area contributed by atoms with Crippen LogP contribution >= 0.6 is 22.6 Å². The van der Waals surface area contributed by atoms with Crippen LogP contribution in [0.1, 0.15) is 16.8 Å². The van der Waals surface area contributed by atoms with Gasteiger partial charge in [-0.3, -0.25) is 9.52 Å². The maximum Gasteiger partial charge on any atom is 0.301 e. The van der Waals surface area contributed by atoms with Crippen molar-refractivity contribution in [1.82, 2.24) is 9.62 Å². The van der Waals surface area contributed by atoms with Gasteiger partial charge >= 0.3 is 10.2 Å². The molecule has 198 valence electrons. The zero-order chi connectivity index (χ0) is 27.2. The minimum atomic E-state index is -3.79. The Morgan fingerprint density at radius 3 is 2.51 bits per heavy atom. The number of aliphatic hydroxyl groups is 1. The van der Waals surface area contributed by atoms with Gasteiger partial charge in [0, 0.05) is 42.9 Å². The van der Waals surface area contributed by atoms with Crippen LogP contribution in [0.3, 0.4) is 0 Å². The number of hydrogen-bond acceptors (Lipinski definition) is 6. The van der Waals surface area contributed by atoms with Crippen LogP contribution in [-0.2, 0) is 10.2 Å². The van der Waals surface area contributed by atoms with Crippen LogP contribution < -0.4 is 20.1 Å². The van der Waals surface area contributed by atoms with Crippen LogP contribution in [0.25, 0.3) is 0 Å². The third-order valence-electron chi connectivity index (χ3n) is 4.90. The van der Waals surface area contributed by atoms with E-state index in [1.165, 1.54) is 50.5 Å². The number of carbonyl (C=O) groups is 1. The zero-order valence-electron chi connectivity index (χ0n) is 19.9. The molecule has 0 radical (unpaired) electrons. The first-order chi connectivity index (χ1) is 17.5. The molecule has 0 saturated heterocycles. The van der Waals surface area contributed by atoms with E-state index in [-0.39, 0.29) is 53.7 Å². The van der Waals surface area contributed by atoms with Crippen molar-refractivity contribution in [3.05, 3.63) is 75.4 Å². The van der Waals surface area contributed by atoms with Crippen LogP contribution in [0, 0.1) is 15.2 Å². The molecule has 0 spiro atoms. The largest absolute Gasteiger partial charge is 0.456 e. The number of anilines is 3. The Morgan fingerprint density at radius 2 is 1.84 bits per heavy atom. The van der Waals surface area contributed by atoms with E-state index in [0.29, 0.717) is 3.57 Å². The molecule has 37 heavy (non-hydrogen) atoms. The van der Waals surface area contributed by atoms with Gasteiger partial charge in [-0.2, -0.15) is 12.7 Å². The van der Waals surface area contributed by atoms with E-state index < -0.39 is 27.8 Å². The second kappa shape index (κ2) is 12.5. The Kier molecular flexibility index (Phi) is 9.64. The molecule has 0 unspecified atom stereocenters. The van der Waals surface area contributed by atoms with E-state index >= 15 is 0 Å². The Morgan fingerprint density at radius 1 is 1.08 bits per heavy atom. The summed E-state index contributed by atoms with van der Waals surface area (Å²) in [7, 11) is -1.07. The lowest BCUT2D eigenvalue weighted by atomic mass is 10.1. The lowest BCUT2D eigenvalue weighted by molar-refractivity contribution is 0.0949. The lowest BCUT2D eigenvalue weighted by Crippen LogP contribution is -2.28. The summed E-state index contributed by atoms with van der Waals surface area (Å²) in [6.45, 7) is -0.0209. The standard InChI is InChI=1S/C24H25F2IN4O5S/c1-31(2)37(34,35)30-17-5-3-6-18(14-17)36-22-12-15(25)11-21(23(22)24(33)28-9-4-10-32)29-20-8-7-16(27)13-19(20)26/h3,5-8,11-14,29-30,32H,4,9-10H2,1-2H3,(H,28,33). The SMILES string of the molecule is CN(C)S(=O)(=O)Nc1cccc(Oc2cc(F)cc(Nc3ccc(I)cc3F)c2C(=O)NCCCO)c1. The number of nitrogens with one attached hydrogen (secondary N) is 3. The van der Waals surface area contributed by atoms with Gasteiger partial charge in [0.25, 0.3) is 5.91 Å². The summed E-state index contributed by atoms with van der Waals surface area (Å²) in [5.41, 5.74) is 0.0231. The van der Waals surface area contributed by atoms with Crippen molar-refractivity contribution in [3.8, 4) is 11.5 Å². The third-order valence-corrected chi connectivity index (χ3v) is 7.03. The van der Waals surface area contributed by atoms with E-state index in [1.54, 1.807) is 6.07 Å². The lowest BCUT2D eigenvalue weighted by Gasteiger charge is -2.18. The molecule has 0 atom stereocenters. The molecular weight excluding hydrogens is 621 g/mol. The van der Waals surface area contributed by atoms with E-state index in [1.807, 2.05) is 22.6 Å². The molecule has 13 heteroatoms. The quantitative estimate of drug-likeness (QED) is 0.181. The second-order valence-electron chi connectivity index (χ2n) is 7.93. The normalized spacial score (nSPS) is 11.3. The Bertz CT molecular complexity index is 1390. The van der Waals surface area contributed by atoms with Crippen molar-refractivity contribution in [2.45, 2.75) is 6.42 Å². The second-order valence-corrected chi connectivity index (χ2v) is 11.1. The number of hydrogen-bond donors (Lipinski definition) is 4. The highest BCUT2D eigenvalue weighted by Gasteiger charge is 2.22. The molecule has 0 aliphatic heterocycles. The van der Waals surface area contributed by atoms with E-state index in [2.05, 4.69) is 15.4 Å². The average Bonchev–Trinajstić information content (AvgIpc) is 2.80. The first kappa shape index (κ1) is 28.6. The molecule has 0 fully saturated rings. The van der Waals surface area contributed by atoms with Crippen LogP contribution in [0.4, 0.5) is 25.8 Å². The van der Waals surface area contributed by atoms with Crippen molar-refractivity contribution < 1.29 is 31.8 Å². The Labute approximate surface area is 227 Å². The smallest absolute Gasteiger partial charge is 0.301 e. The average molecular weight is 646 g/mol. The fourth-order valence-corrected chi connectivity index (χ4v) is 4.15. The predicted molar refractivity (Wildman–Crippen MR) is 146 cm³/mol.